The van der Waals surface area contributed by atoms with Crippen LogP contribution in [0.25, 0.3) is 0 Å². The van der Waals surface area contributed by atoms with E-state index in [1.807, 2.05) is 0 Å². The van der Waals surface area contributed by atoms with Crippen molar-refractivity contribution in [2.45, 2.75) is 0 Å². The Morgan fingerprint density at radius 3 is 2.73 bits per heavy atom. The van der Waals surface area contributed by atoms with Crippen LogP contribution in [0.15, 0.2) is 29.9 Å². The smallest absolute Gasteiger partial charge is 0.356 e. The quantitative estimate of drug-likeness (QED) is 0.581. The molecule has 0 amide bonds. The lowest BCUT2D eigenvalue weighted by molar-refractivity contribution is 0.0689. The second kappa shape index (κ2) is 4.85. The fraction of sp³-hybridized carbons (Fsp3) is 0.111. The molecule has 0 bridgehead atoms. The molecule has 0 unspecified atom stereocenters. The first-order valence-corrected chi connectivity index (χ1v) is 4.09. The molecule has 0 atom stereocenters. The predicted molar refractivity (Wildman–Crippen MR) is 56.1 cm³/mol. The number of aliphatic imine (C=N–C) groups is 1. The third-order valence-electron chi connectivity index (χ3n) is 1.57. The summed E-state index contributed by atoms with van der Waals surface area (Å²) in [5, 5.41) is 15.9. The molecule has 15 heavy (non-hydrogen) atoms. The number of anilines is 1. The Balaban J connectivity index is 2.96. The number of carbonyl (C=O) groups is 1. The average molecular weight is 206 g/mol. The van der Waals surface area contributed by atoms with Crippen molar-refractivity contribution in [2.24, 2.45) is 4.99 Å². The van der Waals surface area contributed by atoms with Crippen LogP contribution in [0.4, 0.5) is 5.82 Å². The van der Waals surface area contributed by atoms with Crippen LogP contribution in [0.5, 0.6) is 0 Å². The molecule has 0 saturated heterocycles. The van der Waals surface area contributed by atoms with Gasteiger partial charge in [0.2, 0.25) is 0 Å². The molecule has 78 valence electrons. The highest BCUT2D eigenvalue weighted by Gasteiger charge is 2.07. The average Bonchev–Trinajstić information content (AvgIpc) is 2.26. The largest absolute Gasteiger partial charge is 0.476 e. The van der Waals surface area contributed by atoms with Gasteiger partial charge >= 0.3 is 5.97 Å². The first kappa shape index (κ1) is 10.8. The van der Waals surface area contributed by atoms with Gasteiger partial charge in [-0.25, -0.2) is 4.79 Å². The van der Waals surface area contributed by atoms with Crippen LogP contribution in [0.3, 0.4) is 0 Å². The van der Waals surface area contributed by atoms with Gasteiger partial charge < -0.3 is 5.11 Å². The molecule has 6 heteroatoms. The molecule has 0 aliphatic heterocycles. The summed E-state index contributed by atoms with van der Waals surface area (Å²) in [6.45, 7) is 3.56. The summed E-state index contributed by atoms with van der Waals surface area (Å²) in [5.74, 6) is -0.649. The Morgan fingerprint density at radius 2 is 2.33 bits per heavy atom. The van der Waals surface area contributed by atoms with Crippen LogP contribution in [0, 0.1) is 0 Å². The zero-order valence-electron chi connectivity index (χ0n) is 8.16. The zero-order chi connectivity index (χ0) is 11.3. The van der Waals surface area contributed by atoms with Crippen molar-refractivity contribution < 1.29 is 9.90 Å². The van der Waals surface area contributed by atoms with E-state index in [-0.39, 0.29) is 5.69 Å². The van der Waals surface area contributed by atoms with Gasteiger partial charge in [-0.2, -0.15) is 0 Å². The van der Waals surface area contributed by atoms with Crippen LogP contribution < -0.4 is 4.90 Å². The van der Waals surface area contributed by atoms with E-state index in [4.69, 9.17) is 5.11 Å². The van der Waals surface area contributed by atoms with Crippen LogP contribution >= 0.6 is 0 Å². The summed E-state index contributed by atoms with van der Waals surface area (Å²) >= 11 is 0. The third-order valence-corrected chi connectivity index (χ3v) is 1.57. The van der Waals surface area contributed by atoms with E-state index in [1.54, 1.807) is 7.05 Å². The first-order valence-electron chi connectivity index (χ1n) is 4.09. The minimum absolute atomic E-state index is 0.101. The molecule has 1 aromatic rings. The second-order valence-corrected chi connectivity index (χ2v) is 2.55. The molecule has 0 spiro atoms. The summed E-state index contributed by atoms with van der Waals surface area (Å²) in [4.78, 5) is 15.8. The number of carboxylic acid groups (broad SMARTS) is 1. The molecular formula is C9H10N4O2. The highest BCUT2D eigenvalue weighted by molar-refractivity contribution is 5.86. The van der Waals surface area contributed by atoms with E-state index in [2.05, 4.69) is 21.8 Å². The predicted octanol–water partition coefficient (Wildman–Crippen LogP) is 0.783. The minimum atomic E-state index is -1.11. The maximum Gasteiger partial charge on any atom is 0.356 e. The number of hydrogen-bond donors (Lipinski definition) is 1. The van der Waals surface area contributed by atoms with Gasteiger partial charge in [0.25, 0.3) is 0 Å². The fourth-order valence-corrected chi connectivity index (χ4v) is 0.901. The number of hydrogen-bond acceptors (Lipinski definition) is 4. The van der Waals surface area contributed by atoms with Gasteiger partial charge in [-0.05, 0) is 12.1 Å². The van der Waals surface area contributed by atoms with Crippen molar-refractivity contribution in [2.75, 3.05) is 11.9 Å². The first-order chi connectivity index (χ1) is 7.19. The van der Waals surface area contributed by atoms with Crippen molar-refractivity contribution >= 4 is 18.1 Å². The van der Waals surface area contributed by atoms with E-state index in [0.29, 0.717) is 5.82 Å². The van der Waals surface area contributed by atoms with Crippen molar-refractivity contribution in [1.29, 1.82) is 0 Å². The Kier molecular flexibility index (Phi) is 3.50. The van der Waals surface area contributed by atoms with Crippen molar-refractivity contribution in [3.63, 3.8) is 0 Å². The van der Waals surface area contributed by atoms with E-state index in [9.17, 15) is 4.79 Å². The number of carboxylic acids is 1. The van der Waals surface area contributed by atoms with Gasteiger partial charge in [-0.15, -0.1) is 10.2 Å². The molecule has 0 aromatic carbocycles. The van der Waals surface area contributed by atoms with Crippen LogP contribution in [-0.4, -0.2) is 34.7 Å². The van der Waals surface area contributed by atoms with Gasteiger partial charge in [0.05, 0.1) is 6.34 Å². The summed E-state index contributed by atoms with van der Waals surface area (Å²) in [7, 11) is 1.61. The lowest BCUT2D eigenvalue weighted by atomic mass is 10.4. The molecule has 1 aromatic heterocycles. The van der Waals surface area contributed by atoms with Crippen LogP contribution in [0.2, 0.25) is 0 Å². The topological polar surface area (TPSA) is 78.7 Å². The second-order valence-electron chi connectivity index (χ2n) is 2.55. The third kappa shape index (κ3) is 2.60. The summed E-state index contributed by atoms with van der Waals surface area (Å²) in [6, 6.07) is 2.89. The van der Waals surface area contributed by atoms with Crippen molar-refractivity contribution in [3.8, 4) is 0 Å². The maximum atomic E-state index is 10.5. The standard InChI is InChI=1S/C9H10N4O2/c1-3-13(6-10-2)8-5-4-7(9(14)15)11-12-8/h3-6H,1H2,2H3,(H,14,15). The summed E-state index contributed by atoms with van der Waals surface area (Å²) in [5.41, 5.74) is -0.101. The van der Waals surface area contributed by atoms with Gasteiger partial charge in [0.1, 0.15) is 0 Å². The van der Waals surface area contributed by atoms with Gasteiger partial charge in [0, 0.05) is 13.2 Å². The van der Waals surface area contributed by atoms with Gasteiger partial charge in [-0.3, -0.25) is 9.89 Å². The number of aromatic nitrogens is 2. The van der Waals surface area contributed by atoms with Crippen LogP contribution in [0.1, 0.15) is 10.5 Å². The normalized spacial score (nSPS) is 10.2. The molecule has 0 aliphatic rings. The molecule has 6 nitrogen and oxygen atoms in total. The molecule has 0 aliphatic carbocycles. The molecule has 0 fully saturated rings. The molecule has 1 heterocycles. The molecular weight excluding hydrogens is 196 g/mol. The Morgan fingerprint density at radius 1 is 1.60 bits per heavy atom. The highest BCUT2D eigenvalue weighted by atomic mass is 16.4. The Bertz CT molecular complexity index is 386. The fourth-order valence-electron chi connectivity index (χ4n) is 0.901. The molecule has 1 N–H and O–H groups in total. The molecule has 0 radical (unpaired) electrons. The Labute approximate surface area is 86.6 Å². The van der Waals surface area contributed by atoms with E-state index in [1.165, 1.54) is 29.6 Å². The van der Waals surface area contributed by atoms with E-state index in [0.717, 1.165) is 0 Å². The minimum Gasteiger partial charge on any atom is -0.476 e. The van der Waals surface area contributed by atoms with E-state index < -0.39 is 5.97 Å². The van der Waals surface area contributed by atoms with Crippen molar-refractivity contribution in [3.05, 3.63) is 30.6 Å². The van der Waals surface area contributed by atoms with Gasteiger partial charge in [0.15, 0.2) is 11.5 Å². The zero-order valence-corrected chi connectivity index (χ0v) is 8.16. The molecule has 0 saturated carbocycles. The Hall–Kier alpha value is -2.24. The monoisotopic (exact) mass is 206 g/mol. The lowest BCUT2D eigenvalue weighted by Gasteiger charge is -2.11. The molecule has 1 rings (SSSR count). The summed E-state index contributed by atoms with van der Waals surface area (Å²) in [6.07, 6.45) is 2.99. The van der Waals surface area contributed by atoms with E-state index >= 15 is 0 Å². The van der Waals surface area contributed by atoms with Gasteiger partial charge in [-0.1, -0.05) is 6.58 Å². The number of nitrogens with zero attached hydrogens (tertiary/aromatic N) is 4. The highest BCUT2D eigenvalue weighted by Crippen LogP contribution is 2.07. The summed E-state index contributed by atoms with van der Waals surface area (Å²) < 4.78 is 0. The SMILES string of the molecule is C=CN(C=NC)c1ccc(C(=O)O)nn1. The number of aromatic carboxylic acids is 1. The lowest BCUT2D eigenvalue weighted by Crippen LogP contribution is -2.15. The maximum absolute atomic E-state index is 10.5. The number of rotatable bonds is 4. The van der Waals surface area contributed by atoms with Crippen molar-refractivity contribution in [1.82, 2.24) is 10.2 Å². The van der Waals surface area contributed by atoms with Crippen LogP contribution in [-0.2, 0) is 0 Å².